The van der Waals surface area contributed by atoms with Gasteiger partial charge in [-0.2, -0.15) is 0 Å². The predicted octanol–water partition coefficient (Wildman–Crippen LogP) is 3.06. The number of methoxy groups -OCH3 is 1. The van der Waals surface area contributed by atoms with Crippen molar-refractivity contribution < 1.29 is 4.74 Å². The second-order valence-electron chi connectivity index (χ2n) is 6.21. The maximum absolute atomic E-state index is 5.54. The maximum atomic E-state index is 5.54. The molecule has 2 atom stereocenters. The number of nitrogens with zero attached hydrogens (tertiary/aromatic N) is 1. The molecule has 0 saturated carbocycles. The van der Waals surface area contributed by atoms with Gasteiger partial charge in [-0.05, 0) is 56.5 Å². The molecule has 0 bridgehead atoms. The van der Waals surface area contributed by atoms with Crippen molar-refractivity contribution in [1.29, 1.82) is 0 Å². The molecule has 1 aliphatic heterocycles. The molecule has 0 amide bonds. The average Bonchev–Trinajstić information content (AvgIpc) is 2.50. The third kappa shape index (κ3) is 4.53. The molecule has 2 unspecified atom stereocenters. The molecule has 3 nitrogen and oxygen atoms in total. The Hall–Kier alpha value is -0.900. The van der Waals surface area contributed by atoms with Crippen LogP contribution in [0.3, 0.4) is 0 Å². The molecule has 1 aromatic carbocycles. The third-order valence-corrected chi connectivity index (χ3v) is 4.62. The minimum Gasteiger partial charge on any atom is -0.380 e. The Labute approximate surface area is 129 Å². The van der Waals surface area contributed by atoms with Gasteiger partial charge < -0.3 is 10.1 Å². The standard InChI is InChI=1S/C18H30N2O/c1-5-19-18(16-9-8-14(2)15(3)11-16)13-20-10-6-7-17(12-20)21-4/h8-9,11,17-19H,5-7,10,12-13H2,1-4H3. The predicted molar refractivity (Wildman–Crippen MR) is 88.8 cm³/mol. The summed E-state index contributed by atoms with van der Waals surface area (Å²) in [6, 6.07) is 7.25. The van der Waals surface area contributed by atoms with E-state index in [2.05, 4.69) is 49.2 Å². The lowest BCUT2D eigenvalue weighted by molar-refractivity contribution is 0.0281. The van der Waals surface area contributed by atoms with Gasteiger partial charge in [-0.15, -0.1) is 0 Å². The lowest BCUT2D eigenvalue weighted by Crippen LogP contribution is -2.43. The molecule has 0 spiro atoms. The zero-order valence-electron chi connectivity index (χ0n) is 14.0. The van der Waals surface area contributed by atoms with Crippen molar-refractivity contribution in [1.82, 2.24) is 10.2 Å². The van der Waals surface area contributed by atoms with Crippen LogP contribution in [0.25, 0.3) is 0 Å². The summed E-state index contributed by atoms with van der Waals surface area (Å²) in [6.07, 6.45) is 2.84. The van der Waals surface area contributed by atoms with Gasteiger partial charge in [0.15, 0.2) is 0 Å². The fourth-order valence-corrected chi connectivity index (χ4v) is 3.15. The molecule has 3 heteroatoms. The SMILES string of the molecule is CCNC(CN1CCCC(OC)C1)c1ccc(C)c(C)c1. The molecular formula is C18H30N2O. The van der Waals surface area contributed by atoms with Crippen molar-refractivity contribution in [3.05, 3.63) is 34.9 Å². The van der Waals surface area contributed by atoms with Gasteiger partial charge >= 0.3 is 0 Å². The average molecular weight is 290 g/mol. The summed E-state index contributed by atoms with van der Waals surface area (Å²) >= 11 is 0. The molecule has 0 radical (unpaired) electrons. The number of piperidine rings is 1. The number of hydrogen-bond acceptors (Lipinski definition) is 3. The molecule has 118 valence electrons. The fourth-order valence-electron chi connectivity index (χ4n) is 3.15. The molecule has 0 aliphatic carbocycles. The van der Waals surface area contributed by atoms with Crippen molar-refractivity contribution in [3.63, 3.8) is 0 Å². The van der Waals surface area contributed by atoms with Crippen LogP contribution < -0.4 is 5.32 Å². The van der Waals surface area contributed by atoms with Gasteiger partial charge in [0.25, 0.3) is 0 Å². The molecule has 1 saturated heterocycles. The Morgan fingerprint density at radius 2 is 2.14 bits per heavy atom. The zero-order chi connectivity index (χ0) is 15.2. The molecular weight excluding hydrogens is 260 g/mol. The molecule has 1 aromatic rings. The van der Waals surface area contributed by atoms with Crippen LogP contribution in [0.2, 0.25) is 0 Å². The Morgan fingerprint density at radius 1 is 1.33 bits per heavy atom. The number of aryl methyl sites for hydroxylation is 2. The van der Waals surface area contributed by atoms with Crippen LogP contribution in [0.4, 0.5) is 0 Å². The highest BCUT2D eigenvalue weighted by atomic mass is 16.5. The molecule has 0 aromatic heterocycles. The highest BCUT2D eigenvalue weighted by molar-refractivity contribution is 5.32. The largest absolute Gasteiger partial charge is 0.380 e. The van der Waals surface area contributed by atoms with E-state index in [1.54, 1.807) is 0 Å². The van der Waals surface area contributed by atoms with Gasteiger partial charge in [-0.3, -0.25) is 4.90 Å². The first-order valence-electron chi connectivity index (χ1n) is 8.19. The Morgan fingerprint density at radius 3 is 2.81 bits per heavy atom. The molecule has 1 heterocycles. The molecule has 1 N–H and O–H groups in total. The molecule has 1 aliphatic rings. The number of likely N-dealkylation sites (N-methyl/N-ethyl adjacent to an activating group) is 1. The number of hydrogen-bond donors (Lipinski definition) is 1. The normalized spacial score (nSPS) is 21.4. The van der Waals surface area contributed by atoms with Gasteiger partial charge in [0.2, 0.25) is 0 Å². The van der Waals surface area contributed by atoms with E-state index in [1.165, 1.54) is 36.1 Å². The summed E-state index contributed by atoms with van der Waals surface area (Å²) < 4.78 is 5.54. The lowest BCUT2D eigenvalue weighted by Gasteiger charge is -2.34. The van der Waals surface area contributed by atoms with Crippen LogP contribution in [0.5, 0.6) is 0 Å². The van der Waals surface area contributed by atoms with Crippen molar-refractivity contribution in [3.8, 4) is 0 Å². The van der Waals surface area contributed by atoms with Crippen LogP contribution >= 0.6 is 0 Å². The number of likely N-dealkylation sites (tertiary alicyclic amines) is 1. The minimum atomic E-state index is 0.404. The van der Waals surface area contributed by atoms with Gasteiger partial charge in [0.05, 0.1) is 6.10 Å². The van der Waals surface area contributed by atoms with Crippen molar-refractivity contribution in [2.45, 2.75) is 45.8 Å². The number of rotatable bonds is 6. The summed E-state index contributed by atoms with van der Waals surface area (Å²) in [5, 5.41) is 3.64. The minimum absolute atomic E-state index is 0.404. The molecule has 21 heavy (non-hydrogen) atoms. The first kappa shape index (κ1) is 16.5. The first-order valence-corrected chi connectivity index (χ1v) is 8.19. The summed E-state index contributed by atoms with van der Waals surface area (Å²) in [4.78, 5) is 2.54. The third-order valence-electron chi connectivity index (χ3n) is 4.62. The highest BCUT2D eigenvalue weighted by Crippen LogP contribution is 2.21. The second-order valence-corrected chi connectivity index (χ2v) is 6.21. The van der Waals surface area contributed by atoms with E-state index in [1.807, 2.05) is 7.11 Å². The summed E-state index contributed by atoms with van der Waals surface area (Å²) in [5.41, 5.74) is 4.15. The van der Waals surface area contributed by atoms with Crippen molar-refractivity contribution in [2.24, 2.45) is 0 Å². The lowest BCUT2D eigenvalue weighted by atomic mass is 9.99. The topological polar surface area (TPSA) is 24.5 Å². The van der Waals surface area contributed by atoms with Gasteiger partial charge in [-0.25, -0.2) is 0 Å². The summed E-state index contributed by atoms with van der Waals surface area (Å²) in [7, 11) is 1.83. The Bertz CT molecular complexity index is 447. The van der Waals surface area contributed by atoms with E-state index in [-0.39, 0.29) is 0 Å². The number of ether oxygens (including phenoxy) is 1. The maximum Gasteiger partial charge on any atom is 0.0698 e. The van der Waals surface area contributed by atoms with E-state index in [0.29, 0.717) is 12.1 Å². The van der Waals surface area contributed by atoms with Crippen molar-refractivity contribution in [2.75, 3.05) is 33.3 Å². The van der Waals surface area contributed by atoms with Gasteiger partial charge in [0, 0.05) is 26.2 Å². The summed E-state index contributed by atoms with van der Waals surface area (Å²) in [6.45, 7) is 10.9. The zero-order valence-corrected chi connectivity index (χ0v) is 14.0. The van der Waals surface area contributed by atoms with Crippen LogP contribution in [0, 0.1) is 13.8 Å². The summed E-state index contributed by atoms with van der Waals surface area (Å²) in [5.74, 6) is 0. The molecule has 2 rings (SSSR count). The molecule has 1 fully saturated rings. The second kappa shape index (κ2) is 7.92. The highest BCUT2D eigenvalue weighted by Gasteiger charge is 2.22. The van der Waals surface area contributed by atoms with E-state index in [0.717, 1.165) is 19.6 Å². The van der Waals surface area contributed by atoms with E-state index in [4.69, 9.17) is 4.74 Å². The van der Waals surface area contributed by atoms with E-state index < -0.39 is 0 Å². The number of nitrogens with one attached hydrogen (secondary N) is 1. The Kier molecular flexibility index (Phi) is 6.22. The van der Waals surface area contributed by atoms with Crippen LogP contribution in [-0.4, -0.2) is 44.3 Å². The van der Waals surface area contributed by atoms with E-state index in [9.17, 15) is 0 Å². The van der Waals surface area contributed by atoms with Gasteiger partial charge in [0.1, 0.15) is 0 Å². The van der Waals surface area contributed by atoms with Crippen LogP contribution in [0.15, 0.2) is 18.2 Å². The van der Waals surface area contributed by atoms with E-state index >= 15 is 0 Å². The smallest absolute Gasteiger partial charge is 0.0698 e. The first-order chi connectivity index (χ1) is 10.1. The van der Waals surface area contributed by atoms with Gasteiger partial charge in [-0.1, -0.05) is 25.1 Å². The fraction of sp³-hybridized carbons (Fsp3) is 0.667. The monoisotopic (exact) mass is 290 g/mol. The van der Waals surface area contributed by atoms with Crippen molar-refractivity contribution >= 4 is 0 Å². The van der Waals surface area contributed by atoms with Crippen LogP contribution in [-0.2, 0) is 4.74 Å². The Balaban J connectivity index is 2.05. The number of benzene rings is 1. The quantitative estimate of drug-likeness (QED) is 0.871. The van der Waals surface area contributed by atoms with Crippen LogP contribution in [0.1, 0.15) is 42.5 Å².